The Morgan fingerprint density at radius 2 is 2.05 bits per heavy atom. The van der Waals surface area contributed by atoms with Crippen molar-refractivity contribution in [2.45, 2.75) is 13.5 Å². The number of ether oxygens (including phenoxy) is 1. The summed E-state index contributed by atoms with van der Waals surface area (Å²) in [5.41, 5.74) is 2.06. The van der Waals surface area contributed by atoms with Gasteiger partial charge in [-0.1, -0.05) is 12.1 Å². The Hall–Kier alpha value is -2.30. The van der Waals surface area contributed by atoms with Crippen LogP contribution in [0.3, 0.4) is 0 Å². The highest BCUT2D eigenvalue weighted by Crippen LogP contribution is 2.15. The van der Waals surface area contributed by atoms with Crippen molar-refractivity contribution in [2.75, 3.05) is 24.8 Å². The van der Waals surface area contributed by atoms with E-state index in [1.807, 2.05) is 37.3 Å². The first-order valence-electron chi connectivity index (χ1n) is 6.11. The van der Waals surface area contributed by atoms with Crippen LogP contribution < -0.4 is 15.4 Å². The number of rotatable bonds is 5. The zero-order valence-electron chi connectivity index (χ0n) is 11.4. The third kappa shape index (κ3) is 3.58. The molecule has 0 saturated carbocycles. The number of anilines is 2. The lowest BCUT2D eigenvalue weighted by Gasteiger charge is -2.09. The average molecular weight is 258 g/mol. The maximum absolute atomic E-state index is 5.20. The minimum Gasteiger partial charge on any atom is -0.497 e. The average Bonchev–Trinajstić information content (AvgIpc) is 2.44. The first kappa shape index (κ1) is 13.1. The zero-order chi connectivity index (χ0) is 13.7. The fraction of sp³-hybridized carbons (Fsp3) is 0.286. The molecule has 0 atom stereocenters. The molecular formula is C14H18N4O. The van der Waals surface area contributed by atoms with Gasteiger partial charge in [0.2, 0.25) is 5.95 Å². The topological polar surface area (TPSA) is 59.1 Å². The fourth-order valence-corrected chi connectivity index (χ4v) is 1.75. The highest BCUT2D eigenvalue weighted by molar-refractivity contribution is 5.42. The summed E-state index contributed by atoms with van der Waals surface area (Å²) in [6.07, 6.45) is 0. The zero-order valence-corrected chi connectivity index (χ0v) is 11.4. The van der Waals surface area contributed by atoms with Crippen molar-refractivity contribution in [3.63, 3.8) is 0 Å². The van der Waals surface area contributed by atoms with Crippen LogP contribution in [0.25, 0.3) is 0 Å². The Labute approximate surface area is 113 Å². The van der Waals surface area contributed by atoms with Crippen LogP contribution in [-0.4, -0.2) is 24.1 Å². The molecule has 5 heteroatoms. The molecular weight excluding hydrogens is 240 g/mol. The molecule has 0 fully saturated rings. The first-order chi connectivity index (χ1) is 9.21. The van der Waals surface area contributed by atoms with Gasteiger partial charge in [0.25, 0.3) is 0 Å². The maximum Gasteiger partial charge on any atom is 0.224 e. The summed E-state index contributed by atoms with van der Waals surface area (Å²) < 4.78 is 5.20. The van der Waals surface area contributed by atoms with Crippen LogP contribution in [0.1, 0.15) is 11.3 Å². The van der Waals surface area contributed by atoms with Crippen molar-refractivity contribution in [1.82, 2.24) is 9.97 Å². The van der Waals surface area contributed by atoms with Crippen molar-refractivity contribution in [3.8, 4) is 5.75 Å². The number of nitrogens with zero attached hydrogens (tertiary/aromatic N) is 2. The third-order valence-electron chi connectivity index (χ3n) is 2.69. The molecule has 2 rings (SSSR count). The molecule has 2 aromatic rings. The number of hydrogen-bond donors (Lipinski definition) is 2. The standard InChI is InChI=1S/C14H18N4O/c1-10-7-13(18-14(15-2)17-10)16-9-11-5-4-6-12(8-11)19-3/h4-8H,9H2,1-3H3,(H2,15,16,17,18). The quantitative estimate of drug-likeness (QED) is 0.862. The van der Waals surface area contributed by atoms with E-state index in [1.54, 1.807) is 14.2 Å². The minimum atomic E-state index is 0.619. The third-order valence-corrected chi connectivity index (χ3v) is 2.69. The van der Waals surface area contributed by atoms with Gasteiger partial charge in [-0.15, -0.1) is 0 Å². The van der Waals surface area contributed by atoms with Crippen molar-refractivity contribution >= 4 is 11.8 Å². The number of benzene rings is 1. The molecule has 0 spiro atoms. The van der Waals surface area contributed by atoms with Crippen LogP contribution in [0, 0.1) is 6.92 Å². The van der Waals surface area contributed by atoms with Crippen molar-refractivity contribution in [3.05, 3.63) is 41.6 Å². The smallest absolute Gasteiger partial charge is 0.224 e. The molecule has 0 aliphatic heterocycles. The van der Waals surface area contributed by atoms with Gasteiger partial charge in [0.05, 0.1) is 7.11 Å². The SMILES string of the molecule is CNc1nc(C)cc(NCc2cccc(OC)c2)n1. The Kier molecular flexibility index (Phi) is 4.18. The van der Waals surface area contributed by atoms with Gasteiger partial charge in [-0.2, -0.15) is 4.98 Å². The number of aromatic nitrogens is 2. The van der Waals surface area contributed by atoms with Crippen LogP contribution in [0.5, 0.6) is 5.75 Å². The van der Waals surface area contributed by atoms with Gasteiger partial charge >= 0.3 is 0 Å². The van der Waals surface area contributed by atoms with E-state index in [0.717, 1.165) is 22.8 Å². The lowest BCUT2D eigenvalue weighted by atomic mass is 10.2. The second kappa shape index (κ2) is 6.04. The minimum absolute atomic E-state index is 0.619. The number of hydrogen-bond acceptors (Lipinski definition) is 5. The number of methoxy groups -OCH3 is 1. The van der Waals surface area contributed by atoms with Gasteiger partial charge < -0.3 is 15.4 Å². The van der Waals surface area contributed by atoms with Gasteiger partial charge in [-0.3, -0.25) is 0 Å². The Balaban J connectivity index is 2.07. The molecule has 0 amide bonds. The molecule has 0 aliphatic carbocycles. The molecule has 1 aromatic carbocycles. The summed E-state index contributed by atoms with van der Waals surface area (Å²) in [5, 5.41) is 6.22. The van der Waals surface area contributed by atoms with E-state index in [-0.39, 0.29) is 0 Å². The second-order valence-electron chi connectivity index (χ2n) is 4.17. The molecule has 0 radical (unpaired) electrons. The lowest BCUT2D eigenvalue weighted by molar-refractivity contribution is 0.414. The predicted octanol–water partition coefficient (Wildman–Crippen LogP) is 2.45. The molecule has 2 N–H and O–H groups in total. The van der Waals surface area contributed by atoms with Crippen molar-refractivity contribution in [2.24, 2.45) is 0 Å². The van der Waals surface area contributed by atoms with Crippen LogP contribution in [0.15, 0.2) is 30.3 Å². The van der Waals surface area contributed by atoms with Gasteiger partial charge in [-0.05, 0) is 24.6 Å². The van der Waals surface area contributed by atoms with Gasteiger partial charge in [0.15, 0.2) is 0 Å². The summed E-state index contributed by atoms with van der Waals surface area (Å²) >= 11 is 0. The monoisotopic (exact) mass is 258 g/mol. The largest absolute Gasteiger partial charge is 0.497 e. The summed E-state index contributed by atoms with van der Waals surface area (Å²) in [5.74, 6) is 2.28. The molecule has 100 valence electrons. The van der Waals surface area contributed by atoms with Crippen LogP contribution in [0.2, 0.25) is 0 Å². The van der Waals surface area contributed by atoms with E-state index in [4.69, 9.17) is 4.74 Å². The van der Waals surface area contributed by atoms with Gasteiger partial charge in [-0.25, -0.2) is 4.98 Å². The molecule has 19 heavy (non-hydrogen) atoms. The number of nitrogens with one attached hydrogen (secondary N) is 2. The fourth-order valence-electron chi connectivity index (χ4n) is 1.75. The summed E-state index contributed by atoms with van der Waals surface area (Å²) in [7, 11) is 3.47. The molecule has 0 aliphatic rings. The molecule has 5 nitrogen and oxygen atoms in total. The number of aryl methyl sites for hydroxylation is 1. The van der Waals surface area contributed by atoms with Gasteiger partial charge in [0, 0.05) is 25.4 Å². The van der Waals surface area contributed by atoms with Gasteiger partial charge in [0.1, 0.15) is 11.6 Å². The first-order valence-corrected chi connectivity index (χ1v) is 6.11. The van der Waals surface area contributed by atoms with E-state index < -0.39 is 0 Å². The Morgan fingerprint density at radius 1 is 1.21 bits per heavy atom. The Morgan fingerprint density at radius 3 is 2.79 bits per heavy atom. The second-order valence-corrected chi connectivity index (χ2v) is 4.17. The normalized spacial score (nSPS) is 10.1. The highest BCUT2D eigenvalue weighted by atomic mass is 16.5. The molecule has 1 heterocycles. The highest BCUT2D eigenvalue weighted by Gasteiger charge is 2.01. The summed E-state index contributed by atoms with van der Waals surface area (Å²) in [6, 6.07) is 9.86. The van der Waals surface area contributed by atoms with E-state index in [0.29, 0.717) is 12.5 Å². The lowest BCUT2D eigenvalue weighted by Crippen LogP contribution is -2.05. The molecule has 1 aromatic heterocycles. The van der Waals surface area contributed by atoms with Crippen LogP contribution in [-0.2, 0) is 6.54 Å². The van der Waals surface area contributed by atoms with Crippen LogP contribution >= 0.6 is 0 Å². The molecule has 0 saturated heterocycles. The van der Waals surface area contributed by atoms with Crippen LogP contribution in [0.4, 0.5) is 11.8 Å². The molecule has 0 bridgehead atoms. The van der Waals surface area contributed by atoms with Crippen molar-refractivity contribution in [1.29, 1.82) is 0 Å². The van der Waals surface area contributed by atoms with E-state index >= 15 is 0 Å². The van der Waals surface area contributed by atoms with E-state index in [9.17, 15) is 0 Å². The summed E-state index contributed by atoms with van der Waals surface area (Å²) in [4.78, 5) is 8.60. The van der Waals surface area contributed by atoms with E-state index in [1.165, 1.54) is 0 Å². The maximum atomic E-state index is 5.20. The molecule has 0 unspecified atom stereocenters. The Bertz CT molecular complexity index is 557. The summed E-state index contributed by atoms with van der Waals surface area (Å²) in [6.45, 7) is 2.63. The van der Waals surface area contributed by atoms with Crippen molar-refractivity contribution < 1.29 is 4.74 Å². The predicted molar refractivity (Wildman–Crippen MR) is 76.6 cm³/mol. The van der Waals surface area contributed by atoms with E-state index in [2.05, 4.69) is 20.6 Å².